The van der Waals surface area contributed by atoms with Crippen molar-refractivity contribution >= 4 is 20.2 Å². The van der Waals surface area contributed by atoms with Gasteiger partial charge in [0.15, 0.2) is 14.1 Å². The molecular formula is C16H33NO4Si. The Balaban J connectivity index is 4.97. The molecule has 0 aromatic carbocycles. The van der Waals surface area contributed by atoms with Crippen LogP contribution in [0, 0.1) is 0 Å². The number of carbonyl (C=O) groups excluding carboxylic acids is 2. The van der Waals surface area contributed by atoms with Gasteiger partial charge < -0.3 is 14.5 Å². The third-order valence-corrected chi connectivity index (χ3v) is 8.44. The zero-order valence-electron chi connectivity index (χ0n) is 15.8. The van der Waals surface area contributed by atoms with Gasteiger partial charge in [-0.2, -0.15) is 0 Å². The Hall–Kier alpha value is -0.883. The lowest BCUT2D eigenvalue weighted by Crippen LogP contribution is -2.54. The molecule has 1 N–H and O–H groups in total. The standard InChI is InChI=1S/C16H33NO4Si/c1-11(18)13(17-14(19)20-15(3,4)5)12(2)21-22(9,10)16(6,7)8/h12-13H,1-10H3,(H,17,19)/t12-,13-/m0/s1. The number of ketones is 1. The van der Waals surface area contributed by atoms with Gasteiger partial charge >= 0.3 is 6.09 Å². The molecule has 2 atom stereocenters. The van der Waals surface area contributed by atoms with Crippen LogP contribution in [0.15, 0.2) is 0 Å². The first-order chi connectivity index (χ1) is 9.57. The maximum atomic E-state index is 11.9. The van der Waals surface area contributed by atoms with E-state index in [2.05, 4.69) is 39.2 Å². The molecule has 0 spiro atoms. The summed E-state index contributed by atoms with van der Waals surface area (Å²) in [5.41, 5.74) is -0.602. The van der Waals surface area contributed by atoms with Crippen molar-refractivity contribution in [3.63, 3.8) is 0 Å². The Morgan fingerprint density at radius 2 is 1.50 bits per heavy atom. The number of alkyl carbamates (subject to hydrolysis) is 1. The second-order valence-corrected chi connectivity index (χ2v) is 13.1. The molecule has 0 rings (SSSR count). The quantitative estimate of drug-likeness (QED) is 0.777. The highest BCUT2D eigenvalue weighted by Gasteiger charge is 2.40. The van der Waals surface area contributed by atoms with Crippen LogP contribution in [-0.4, -0.2) is 37.9 Å². The summed E-state index contributed by atoms with van der Waals surface area (Å²) >= 11 is 0. The van der Waals surface area contributed by atoms with Crippen molar-refractivity contribution in [3.05, 3.63) is 0 Å². The van der Waals surface area contributed by atoms with Crippen LogP contribution in [0.25, 0.3) is 0 Å². The highest BCUT2D eigenvalue weighted by molar-refractivity contribution is 6.74. The topological polar surface area (TPSA) is 64.6 Å². The Morgan fingerprint density at radius 1 is 1.05 bits per heavy atom. The second kappa shape index (κ2) is 7.13. The van der Waals surface area contributed by atoms with Crippen molar-refractivity contribution < 1.29 is 18.8 Å². The summed E-state index contributed by atoms with van der Waals surface area (Å²) in [6, 6.07) is -0.705. The van der Waals surface area contributed by atoms with Gasteiger partial charge in [0.2, 0.25) is 0 Å². The molecule has 22 heavy (non-hydrogen) atoms. The summed E-state index contributed by atoms with van der Waals surface area (Å²) in [4.78, 5) is 23.8. The lowest BCUT2D eigenvalue weighted by atomic mass is 10.1. The molecule has 130 valence electrons. The zero-order valence-corrected chi connectivity index (χ0v) is 16.8. The van der Waals surface area contributed by atoms with Crippen LogP contribution in [0.1, 0.15) is 55.4 Å². The van der Waals surface area contributed by atoms with Crippen LogP contribution in [0.2, 0.25) is 18.1 Å². The van der Waals surface area contributed by atoms with Crippen LogP contribution in [0.5, 0.6) is 0 Å². The Morgan fingerprint density at radius 3 is 1.82 bits per heavy atom. The average molecular weight is 332 g/mol. The van der Waals surface area contributed by atoms with E-state index in [9.17, 15) is 9.59 Å². The summed E-state index contributed by atoms with van der Waals surface area (Å²) in [6.45, 7) is 19.3. The van der Waals surface area contributed by atoms with E-state index >= 15 is 0 Å². The van der Waals surface area contributed by atoms with Gasteiger partial charge in [0, 0.05) is 0 Å². The van der Waals surface area contributed by atoms with Gasteiger partial charge in [0.25, 0.3) is 0 Å². The van der Waals surface area contributed by atoms with Crippen molar-refractivity contribution in [2.75, 3.05) is 0 Å². The molecule has 0 aromatic heterocycles. The van der Waals surface area contributed by atoms with Gasteiger partial charge in [-0.05, 0) is 52.8 Å². The maximum Gasteiger partial charge on any atom is 0.408 e. The van der Waals surface area contributed by atoms with Gasteiger partial charge in [-0.3, -0.25) is 4.79 Å². The number of hydrogen-bond donors (Lipinski definition) is 1. The molecule has 6 heteroatoms. The number of Topliss-reactive ketones (excluding diaryl/α,β-unsaturated/α-hetero) is 1. The first-order valence-electron chi connectivity index (χ1n) is 7.74. The fraction of sp³-hybridized carbons (Fsp3) is 0.875. The minimum atomic E-state index is -2.02. The molecule has 0 aliphatic rings. The van der Waals surface area contributed by atoms with E-state index in [0.29, 0.717) is 0 Å². The fourth-order valence-corrected chi connectivity index (χ4v) is 3.11. The highest BCUT2D eigenvalue weighted by Crippen LogP contribution is 2.37. The van der Waals surface area contributed by atoms with Gasteiger partial charge in [-0.15, -0.1) is 0 Å². The van der Waals surface area contributed by atoms with Crippen molar-refractivity contribution in [1.82, 2.24) is 5.32 Å². The fourth-order valence-electron chi connectivity index (χ4n) is 1.69. The second-order valence-electron chi connectivity index (χ2n) is 8.32. The zero-order chi connectivity index (χ0) is 17.9. The van der Waals surface area contributed by atoms with Crippen molar-refractivity contribution in [3.8, 4) is 0 Å². The van der Waals surface area contributed by atoms with Crippen LogP contribution in [0.4, 0.5) is 4.79 Å². The Labute approximate surface area is 136 Å². The van der Waals surface area contributed by atoms with E-state index in [1.807, 2.05) is 6.92 Å². The first kappa shape index (κ1) is 21.1. The molecule has 5 nitrogen and oxygen atoms in total. The van der Waals surface area contributed by atoms with Crippen LogP contribution in [-0.2, 0) is 14.0 Å². The molecule has 0 aromatic rings. The van der Waals surface area contributed by atoms with E-state index in [0.717, 1.165) is 0 Å². The van der Waals surface area contributed by atoms with E-state index in [-0.39, 0.29) is 10.8 Å². The summed E-state index contributed by atoms with van der Waals surface area (Å²) in [6.07, 6.45) is -0.996. The van der Waals surface area contributed by atoms with E-state index in [1.54, 1.807) is 20.8 Å². The van der Waals surface area contributed by atoms with E-state index in [1.165, 1.54) is 6.92 Å². The van der Waals surface area contributed by atoms with Gasteiger partial charge in [-0.25, -0.2) is 4.79 Å². The van der Waals surface area contributed by atoms with Gasteiger partial charge in [0.05, 0.1) is 6.10 Å². The summed E-state index contributed by atoms with van der Waals surface area (Å²) in [5.74, 6) is -0.142. The van der Waals surface area contributed by atoms with Gasteiger partial charge in [-0.1, -0.05) is 20.8 Å². The van der Waals surface area contributed by atoms with Crippen molar-refractivity contribution in [2.45, 2.75) is 91.3 Å². The molecule has 0 radical (unpaired) electrons. The monoisotopic (exact) mass is 331 g/mol. The summed E-state index contributed by atoms with van der Waals surface area (Å²) in [7, 11) is -2.02. The SMILES string of the molecule is CC(=O)[C@H](NC(=O)OC(C)(C)C)[C@H](C)O[Si](C)(C)C(C)(C)C. The molecule has 1 amide bonds. The summed E-state index contributed by atoms with van der Waals surface area (Å²) in [5, 5.41) is 2.67. The largest absolute Gasteiger partial charge is 0.444 e. The minimum absolute atomic E-state index is 0.0362. The smallest absolute Gasteiger partial charge is 0.408 e. The van der Waals surface area contributed by atoms with Crippen molar-refractivity contribution in [1.29, 1.82) is 0 Å². The van der Waals surface area contributed by atoms with Crippen molar-refractivity contribution in [2.24, 2.45) is 0 Å². The number of ether oxygens (including phenoxy) is 1. The van der Waals surface area contributed by atoms with Crippen LogP contribution < -0.4 is 5.32 Å². The normalized spacial score (nSPS) is 15.9. The molecule has 0 unspecified atom stereocenters. The molecule has 0 heterocycles. The number of carbonyl (C=O) groups is 2. The van der Waals surface area contributed by atoms with E-state index in [4.69, 9.17) is 9.16 Å². The molecule has 0 bridgehead atoms. The molecule has 0 aliphatic heterocycles. The average Bonchev–Trinajstić information content (AvgIpc) is 2.20. The Bertz CT molecular complexity index is 407. The van der Waals surface area contributed by atoms with Crippen LogP contribution >= 0.6 is 0 Å². The van der Waals surface area contributed by atoms with Crippen LogP contribution in [0.3, 0.4) is 0 Å². The molecular weight excluding hydrogens is 298 g/mol. The third-order valence-electron chi connectivity index (χ3n) is 3.87. The van der Waals surface area contributed by atoms with Gasteiger partial charge in [0.1, 0.15) is 11.6 Å². The highest BCUT2D eigenvalue weighted by atomic mass is 28.4. The maximum absolute atomic E-state index is 11.9. The minimum Gasteiger partial charge on any atom is -0.444 e. The summed E-state index contributed by atoms with van der Waals surface area (Å²) < 4.78 is 11.4. The number of rotatable bonds is 5. The predicted octanol–water partition coefficient (Wildman–Crippen LogP) is 3.88. The lowest BCUT2D eigenvalue weighted by Gasteiger charge is -2.40. The first-order valence-corrected chi connectivity index (χ1v) is 10.7. The molecule has 0 saturated heterocycles. The molecule has 0 aliphatic carbocycles. The molecule has 0 saturated carbocycles. The number of hydrogen-bond acceptors (Lipinski definition) is 4. The molecule has 0 fully saturated rings. The number of nitrogens with one attached hydrogen (secondary N) is 1. The predicted molar refractivity (Wildman–Crippen MR) is 91.6 cm³/mol. The Kier molecular flexibility index (Phi) is 6.84. The van der Waals surface area contributed by atoms with E-state index < -0.39 is 32.2 Å². The lowest BCUT2D eigenvalue weighted by molar-refractivity contribution is -0.121. The number of amides is 1. The third kappa shape index (κ3) is 6.92.